The maximum absolute atomic E-state index is 13.5. The quantitative estimate of drug-likeness (QED) is 0.456. The summed E-state index contributed by atoms with van der Waals surface area (Å²) < 4.78 is 31.0. The largest absolute Gasteiger partial charge is 0.332 e. The number of amides is 2. The Bertz CT molecular complexity index is 1500. The number of aryl methyl sites for hydroxylation is 3. The van der Waals surface area contributed by atoms with Gasteiger partial charge in [0.25, 0.3) is 0 Å². The maximum atomic E-state index is 13.5. The summed E-state index contributed by atoms with van der Waals surface area (Å²) in [6.45, 7) is 11.6. The van der Waals surface area contributed by atoms with E-state index in [4.69, 9.17) is 0 Å². The zero-order chi connectivity index (χ0) is 27.9. The van der Waals surface area contributed by atoms with Gasteiger partial charge in [-0.2, -0.15) is 9.40 Å². The molecule has 11 heteroatoms. The highest BCUT2D eigenvalue weighted by Gasteiger charge is 2.34. The van der Waals surface area contributed by atoms with E-state index < -0.39 is 21.8 Å². The summed E-state index contributed by atoms with van der Waals surface area (Å²) in [7, 11) is -3.75. The van der Waals surface area contributed by atoms with Gasteiger partial charge in [0.05, 0.1) is 16.3 Å². The standard InChI is InChI=1S/C27H32BrN5O4S/c1-16-15-17(2)19(4)24(18(16)3)38(36,37)32-13-11-31(12-14-32)27(35)26(34)29-25-20(5)21(6)30-33(25)23-9-7-22(28)8-10-23/h7-10,15H,11-14H2,1-6H3,(H,29,34). The van der Waals surface area contributed by atoms with Gasteiger partial charge in [0.2, 0.25) is 10.0 Å². The van der Waals surface area contributed by atoms with Crippen molar-refractivity contribution >= 4 is 43.6 Å². The lowest BCUT2D eigenvalue weighted by Gasteiger charge is -2.34. The highest BCUT2D eigenvalue weighted by Crippen LogP contribution is 2.29. The fraction of sp³-hybridized carbons (Fsp3) is 0.370. The zero-order valence-electron chi connectivity index (χ0n) is 22.4. The molecule has 1 N–H and O–H groups in total. The molecule has 1 saturated heterocycles. The second-order valence-electron chi connectivity index (χ2n) is 9.69. The molecule has 9 nitrogen and oxygen atoms in total. The third-order valence-corrected chi connectivity index (χ3v) is 9.98. The Kier molecular flexibility index (Phi) is 7.83. The van der Waals surface area contributed by atoms with Crippen LogP contribution in [0.25, 0.3) is 5.69 Å². The first kappa shape index (κ1) is 28.0. The van der Waals surface area contributed by atoms with E-state index in [1.165, 1.54) is 9.21 Å². The van der Waals surface area contributed by atoms with E-state index in [9.17, 15) is 18.0 Å². The molecular weight excluding hydrogens is 570 g/mol. The van der Waals surface area contributed by atoms with E-state index in [2.05, 4.69) is 26.3 Å². The Morgan fingerprint density at radius 3 is 1.97 bits per heavy atom. The SMILES string of the molecule is Cc1cc(C)c(C)c(S(=O)(=O)N2CCN(C(=O)C(=O)Nc3c(C)c(C)nn3-c3ccc(Br)cc3)CC2)c1C. The summed E-state index contributed by atoms with van der Waals surface area (Å²) in [6, 6.07) is 9.43. The first-order chi connectivity index (χ1) is 17.8. The normalized spacial score (nSPS) is 14.6. The molecule has 3 aromatic rings. The van der Waals surface area contributed by atoms with Gasteiger partial charge in [-0.05, 0) is 88.1 Å². The Morgan fingerprint density at radius 2 is 1.42 bits per heavy atom. The van der Waals surface area contributed by atoms with Gasteiger partial charge in [0.1, 0.15) is 5.82 Å². The molecule has 202 valence electrons. The molecule has 4 rings (SSSR count). The number of carbonyl (C=O) groups excluding carboxylic acids is 2. The van der Waals surface area contributed by atoms with Crippen molar-refractivity contribution in [2.24, 2.45) is 0 Å². The number of nitrogens with zero attached hydrogens (tertiary/aromatic N) is 4. The van der Waals surface area contributed by atoms with E-state index in [-0.39, 0.29) is 26.2 Å². The summed E-state index contributed by atoms with van der Waals surface area (Å²) in [5, 5.41) is 7.25. The van der Waals surface area contributed by atoms with Crippen molar-refractivity contribution in [3.05, 3.63) is 68.3 Å². The molecule has 1 aromatic heterocycles. The Labute approximate surface area is 232 Å². The molecule has 2 heterocycles. The molecule has 0 spiro atoms. The predicted octanol–water partition coefficient (Wildman–Crippen LogP) is 3.96. The lowest BCUT2D eigenvalue weighted by atomic mass is 10.0. The molecule has 0 radical (unpaired) electrons. The van der Waals surface area contributed by atoms with E-state index in [0.717, 1.165) is 43.7 Å². The van der Waals surface area contributed by atoms with Crippen molar-refractivity contribution in [3.8, 4) is 5.69 Å². The second kappa shape index (κ2) is 10.6. The van der Waals surface area contributed by atoms with Gasteiger partial charge in [-0.3, -0.25) is 9.59 Å². The number of nitrogens with one attached hydrogen (secondary N) is 1. The lowest BCUT2D eigenvalue weighted by Crippen LogP contribution is -2.53. The monoisotopic (exact) mass is 601 g/mol. The van der Waals surface area contributed by atoms with Crippen LogP contribution >= 0.6 is 15.9 Å². The van der Waals surface area contributed by atoms with Crippen molar-refractivity contribution in [3.63, 3.8) is 0 Å². The van der Waals surface area contributed by atoms with Crippen molar-refractivity contribution in [1.29, 1.82) is 0 Å². The van der Waals surface area contributed by atoms with Crippen LogP contribution in [0.1, 0.15) is 33.5 Å². The van der Waals surface area contributed by atoms with Gasteiger partial charge < -0.3 is 10.2 Å². The fourth-order valence-electron chi connectivity index (χ4n) is 4.65. The van der Waals surface area contributed by atoms with Crippen LogP contribution in [0, 0.1) is 41.5 Å². The Morgan fingerprint density at radius 1 is 0.868 bits per heavy atom. The van der Waals surface area contributed by atoms with Crippen molar-refractivity contribution in [1.82, 2.24) is 19.0 Å². The number of anilines is 1. The molecule has 1 aliphatic heterocycles. The van der Waals surface area contributed by atoms with Crippen molar-refractivity contribution in [2.75, 3.05) is 31.5 Å². The third-order valence-electron chi connectivity index (χ3n) is 7.28. The van der Waals surface area contributed by atoms with Gasteiger partial charge in [-0.1, -0.05) is 22.0 Å². The summed E-state index contributed by atoms with van der Waals surface area (Å²) >= 11 is 3.41. The first-order valence-corrected chi connectivity index (χ1v) is 14.6. The smallest absolute Gasteiger partial charge is 0.315 e. The molecule has 0 unspecified atom stereocenters. The number of piperazine rings is 1. The Hall–Kier alpha value is -3.02. The number of aromatic nitrogens is 2. The van der Waals surface area contributed by atoms with Crippen LogP contribution in [0.4, 0.5) is 5.82 Å². The number of benzene rings is 2. The molecular formula is C27H32BrN5O4S. The molecule has 2 aromatic carbocycles. The summed E-state index contributed by atoms with van der Waals surface area (Å²) in [5.41, 5.74) is 5.53. The lowest BCUT2D eigenvalue weighted by molar-refractivity contribution is -0.143. The van der Waals surface area contributed by atoms with Crippen LogP contribution in [0.3, 0.4) is 0 Å². The average molecular weight is 603 g/mol. The van der Waals surface area contributed by atoms with E-state index >= 15 is 0 Å². The number of hydrogen-bond donors (Lipinski definition) is 1. The van der Waals surface area contributed by atoms with Gasteiger partial charge in [0, 0.05) is 36.2 Å². The number of sulfonamides is 1. The van der Waals surface area contributed by atoms with Gasteiger partial charge in [-0.15, -0.1) is 0 Å². The third kappa shape index (κ3) is 5.14. The van der Waals surface area contributed by atoms with Crippen LogP contribution in [0.2, 0.25) is 0 Å². The number of halogens is 1. The highest BCUT2D eigenvalue weighted by atomic mass is 79.9. The van der Waals surface area contributed by atoms with E-state index in [1.54, 1.807) is 4.68 Å². The summed E-state index contributed by atoms with van der Waals surface area (Å²) in [5.74, 6) is -1.07. The summed E-state index contributed by atoms with van der Waals surface area (Å²) in [6.07, 6.45) is 0. The minimum absolute atomic E-state index is 0.113. The molecule has 0 saturated carbocycles. The van der Waals surface area contributed by atoms with E-state index in [0.29, 0.717) is 10.7 Å². The minimum Gasteiger partial charge on any atom is -0.332 e. The average Bonchev–Trinajstić information content (AvgIpc) is 3.16. The van der Waals surface area contributed by atoms with Crippen LogP contribution in [-0.2, 0) is 19.6 Å². The fourth-order valence-corrected chi connectivity index (χ4v) is 6.92. The van der Waals surface area contributed by atoms with Crippen LogP contribution in [0.5, 0.6) is 0 Å². The Balaban J connectivity index is 1.48. The van der Waals surface area contributed by atoms with Gasteiger partial charge in [-0.25, -0.2) is 13.1 Å². The van der Waals surface area contributed by atoms with Crippen molar-refractivity contribution < 1.29 is 18.0 Å². The molecule has 0 atom stereocenters. The van der Waals surface area contributed by atoms with Gasteiger partial charge in [0.15, 0.2) is 0 Å². The number of rotatable bonds is 4. The van der Waals surface area contributed by atoms with E-state index in [1.807, 2.05) is 71.9 Å². The maximum Gasteiger partial charge on any atom is 0.315 e. The predicted molar refractivity (Wildman–Crippen MR) is 150 cm³/mol. The highest BCUT2D eigenvalue weighted by molar-refractivity contribution is 9.10. The topological polar surface area (TPSA) is 105 Å². The van der Waals surface area contributed by atoms with Crippen LogP contribution in [-0.4, -0.2) is 65.4 Å². The molecule has 1 fully saturated rings. The van der Waals surface area contributed by atoms with Crippen molar-refractivity contribution in [2.45, 2.75) is 46.4 Å². The zero-order valence-corrected chi connectivity index (χ0v) is 24.8. The molecule has 0 aliphatic carbocycles. The van der Waals surface area contributed by atoms with Gasteiger partial charge >= 0.3 is 11.8 Å². The molecule has 1 aliphatic rings. The summed E-state index contributed by atoms with van der Waals surface area (Å²) in [4.78, 5) is 27.8. The van der Waals surface area contributed by atoms with Crippen LogP contribution < -0.4 is 5.32 Å². The number of carbonyl (C=O) groups is 2. The molecule has 0 bridgehead atoms. The number of hydrogen-bond acceptors (Lipinski definition) is 5. The minimum atomic E-state index is -3.75. The molecule has 38 heavy (non-hydrogen) atoms. The van der Waals surface area contributed by atoms with Crippen LogP contribution in [0.15, 0.2) is 39.7 Å². The first-order valence-electron chi connectivity index (χ1n) is 12.3. The second-order valence-corrected chi connectivity index (χ2v) is 12.5. The molecule has 2 amide bonds.